The van der Waals surface area contributed by atoms with Crippen molar-refractivity contribution in [2.24, 2.45) is 0 Å². The Kier molecular flexibility index (Phi) is 4.51. The zero-order chi connectivity index (χ0) is 14.8. The summed E-state index contributed by atoms with van der Waals surface area (Å²) in [4.78, 5) is 13.8. The molecule has 0 radical (unpaired) electrons. The second kappa shape index (κ2) is 5.55. The molecule has 1 heterocycles. The van der Waals surface area contributed by atoms with E-state index in [9.17, 15) is 26.7 Å². The van der Waals surface area contributed by atoms with Gasteiger partial charge in [0.1, 0.15) is 5.69 Å². The summed E-state index contributed by atoms with van der Waals surface area (Å²) in [5.74, 6) is -3.52. The number of aromatic carboxylic acids is 1. The van der Waals surface area contributed by atoms with Gasteiger partial charge in [-0.2, -0.15) is 0 Å². The van der Waals surface area contributed by atoms with Crippen molar-refractivity contribution in [2.75, 3.05) is 0 Å². The lowest BCUT2D eigenvalue weighted by Gasteiger charge is -2.14. The van der Waals surface area contributed by atoms with E-state index in [1.54, 1.807) is 0 Å². The highest BCUT2D eigenvalue weighted by molar-refractivity contribution is 6.17. The van der Waals surface area contributed by atoms with Crippen LogP contribution >= 0.6 is 11.6 Å². The quantitative estimate of drug-likeness (QED) is 0.684. The fraction of sp³-hybridized carbons (Fsp3) is 0.333. The molecule has 0 aliphatic heterocycles. The monoisotopic (exact) mass is 305 g/mol. The number of ether oxygens (including phenoxy) is 1. The molecule has 1 aromatic heterocycles. The number of rotatable bonds is 4. The van der Waals surface area contributed by atoms with Crippen molar-refractivity contribution in [3.8, 4) is 5.75 Å². The fourth-order valence-electron chi connectivity index (χ4n) is 1.20. The predicted octanol–water partition coefficient (Wildman–Crippen LogP) is 3.35. The van der Waals surface area contributed by atoms with Crippen molar-refractivity contribution in [3.05, 3.63) is 23.0 Å². The third kappa shape index (κ3) is 3.91. The topological polar surface area (TPSA) is 59.4 Å². The number of carbonyl (C=O) groups is 1. The Morgan fingerprint density at radius 1 is 1.47 bits per heavy atom. The zero-order valence-corrected chi connectivity index (χ0v) is 9.60. The number of pyridine rings is 1. The van der Waals surface area contributed by atoms with Crippen molar-refractivity contribution in [1.82, 2.24) is 4.98 Å². The summed E-state index contributed by atoms with van der Waals surface area (Å²) < 4.78 is 64.8. The largest absolute Gasteiger partial charge is 0.573 e. The molecule has 0 amide bonds. The molecule has 1 aromatic rings. The van der Waals surface area contributed by atoms with Gasteiger partial charge in [-0.25, -0.2) is 18.6 Å². The van der Waals surface area contributed by atoms with E-state index in [1.165, 1.54) is 0 Å². The van der Waals surface area contributed by atoms with Gasteiger partial charge in [0, 0.05) is 0 Å². The predicted molar refractivity (Wildman–Crippen MR) is 52.4 cm³/mol. The molecule has 4 nitrogen and oxygen atoms in total. The number of nitrogens with zero attached hydrogens (tertiary/aromatic N) is 1. The van der Waals surface area contributed by atoms with E-state index in [0.717, 1.165) is 0 Å². The Bertz CT molecular complexity index is 491. The summed E-state index contributed by atoms with van der Waals surface area (Å²) in [5.41, 5.74) is -2.87. The second-order valence-electron chi connectivity index (χ2n) is 3.15. The Hall–Kier alpha value is -1.64. The Morgan fingerprint density at radius 2 is 2.05 bits per heavy atom. The molecule has 0 atom stereocenters. The molecular weight excluding hydrogens is 301 g/mol. The van der Waals surface area contributed by atoms with Crippen LogP contribution < -0.4 is 4.74 Å². The lowest BCUT2D eigenvalue weighted by Crippen LogP contribution is -2.19. The number of carboxylic acid groups (broad SMARTS) is 1. The van der Waals surface area contributed by atoms with Gasteiger partial charge in [-0.15, -0.1) is 24.8 Å². The average molecular weight is 306 g/mol. The summed E-state index contributed by atoms with van der Waals surface area (Å²) in [6, 6.07) is 0.321. The zero-order valence-electron chi connectivity index (χ0n) is 8.84. The summed E-state index contributed by atoms with van der Waals surface area (Å²) >= 11 is 5.27. The van der Waals surface area contributed by atoms with Crippen LogP contribution in [0.4, 0.5) is 22.0 Å². The van der Waals surface area contributed by atoms with Gasteiger partial charge in [0.2, 0.25) is 0 Å². The minimum atomic E-state index is -5.12. The van der Waals surface area contributed by atoms with Gasteiger partial charge >= 0.3 is 12.3 Å². The van der Waals surface area contributed by atoms with Crippen LogP contribution in [-0.4, -0.2) is 22.4 Å². The minimum absolute atomic E-state index is 0.321. The highest BCUT2D eigenvalue weighted by atomic mass is 35.5. The molecule has 0 unspecified atom stereocenters. The Morgan fingerprint density at radius 3 is 2.42 bits per heavy atom. The molecule has 0 bridgehead atoms. The Balaban J connectivity index is 3.40. The van der Waals surface area contributed by atoms with Gasteiger partial charge in [-0.05, 0) is 6.07 Å². The van der Waals surface area contributed by atoms with Gasteiger partial charge in [-0.3, -0.25) is 0 Å². The van der Waals surface area contributed by atoms with Crippen LogP contribution in [-0.2, 0) is 5.88 Å². The molecule has 1 rings (SSSR count). The normalized spacial score (nSPS) is 11.7. The molecule has 0 spiro atoms. The number of aromatic nitrogens is 1. The molecular formula is C9H5ClF5NO3. The molecule has 0 saturated carbocycles. The molecule has 0 saturated heterocycles. The highest BCUT2D eigenvalue weighted by Crippen LogP contribution is 2.31. The number of hydrogen-bond acceptors (Lipinski definition) is 3. The van der Waals surface area contributed by atoms with Crippen LogP contribution in [0.3, 0.4) is 0 Å². The number of alkyl halides is 6. The first-order valence-electron chi connectivity index (χ1n) is 4.52. The van der Waals surface area contributed by atoms with E-state index < -0.39 is 47.3 Å². The molecule has 0 fully saturated rings. The third-order valence-electron chi connectivity index (χ3n) is 1.88. The van der Waals surface area contributed by atoms with Gasteiger partial charge in [0.05, 0.1) is 17.1 Å². The molecule has 0 aromatic carbocycles. The molecule has 0 aliphatic carbocycles. The fourth-order valence-corrected chi connectivity index (χ4v) is 1.39. The van der Waals surface area contributed by atoms with Crippen LogP contribution in [0.25, 0.3) is 0 Å². The van der Waals surface area contributed by atoms with E-state index >= 15 is 0 Å². The second-order valence-corrected chi connectivity index (χ2v) is 3.42. The molecule has 0 aliphatic rings. The number of halogens is 6. The van der Waals surface area contributed by atoms with Crippen LogP contribution in [0.5, 0.6) is 5.75 Å². The van der Waals surface area contributed by atoms with Gasteiger partial charge in [0.25, 0.3) is 6.43 Å². The number of carboxylic acids is 1. The molecule has 10 heteroatoms. The maximum Gasteiger partial charge on any atom is 0.573 e. The van der Waals surface area contributed by atoms with Crippen LogP contribution in [0, 0.1) is 0 Å². The van der Waals surface area contributed by atoms with E-state index in [4.69, 9.17) is 16.7 Å². The molecule has 19 heavy (non-hydrogen) atoms. The number of hydrogen-bond donors (Lipinski definition) is 1. The van der Waals surface area contributed by atoms with Gasteiger partial charge < -0.3 is 9.84 Å². The summed E-state index contributed by atoms with van der Waals surface area (Å²) in [6.07, 6.45) is -8.39. The first-order valence-corrected chi connectivity index (χ1v) is 5.06. The lowest BCUT2D eigenvalue weighted by molar-refractivity contribution is -0.275. The van der Waals surface area contributed by atoms with Crippen LogP contribution in [0.1, 0.15) is 28.2 Å². The van der Waals surface area contributed by atoms with Crippen LogP contribution in [0.15, 0.2) is 6.07 Å². The van der Waals surface area contributed by atoms with E-state index in [1.807, 2.05) is 0 Å². The van der Waals surface area contributed by atoms with E-state index in [-0.39, 0.29) is 0 Å². The van der Waals surface area contributed by atoms with Crippen molar-refractivity contribution in [3.63, 3.8) is 0 Å². The lowest BCUT2D eigenvalue weighted by atomic mass is 10.1. The smallest absolute Gasteiger partial charge is 0.478 e. The highest BCUT2D eigenvalue weighted by Gasteiger charge is 2.34. The first kappa shape index (κ1) is 15.4. The minimum Gasteiger partial charge on any atom is -0.478 e. The van der Waals surface area contributed by atoms with E-state index in [0.29, 0.717) is 6.07 Å². The van der Waals surface area contributed by atoms with Crippen molar-refractivity contribution < 1.29 is 36.6 Å². The summed E-state index contributed by atoms with van der Waals surface area (Å²) in [6.45, 7) is 0. The molecule has 106 valence electrons. The summed E-state index contributed by atoms with van der Waals surface area (Å²) in [5, 5.41) is 8.66. The van der Waals surface area contributed by atoms with Gasteiger partial charge in [-0.1, -0.05) is 0 Å². The molecule has 1 N–H and O–H groups in total. The SMILES string of the molecule is O=C(O)c1cc(OC(F)(F)F)c(CCl)nc1C(F)F. The maximum absolute atomic E-state index is 12.5. The van der Waals surface area contributed by atoms with Crippen molar-refractivity contribution in [2.45, 2.75) is 18.7 Å². The van der Waals surface area contributed by atoms with E-state index in [2.05, 4.69) is 9.72 Å². The van der Waals surface area contributed by atoms with Gasteiger partial charge in [0.15, 0.2) is 5.75 Å². The Labute approximate surface area is 107 Å². The van der Waals surface area contributed by atoms with Crippen molar-refractivity contribution >= 4 is 17.6 Å². The maximum atomic E-state index is 12.5. The standard InChI is InChI=1S/C9H5ClF5NO3/c10-2-4-5(19-9(13,14)15)1-3(8(17)18)6(16-4)7(11)12/h1,7H,2H2,(H,17,18). The van der Waals surface area contributed by atoms with Crippen LogP contribution in [0.2, 0.25) is 0 Å². The first-order chi connectivity index (χ1) is 8.65. The summed E-state index contributed by atoms with van der Waals surface area (Å²) in [7, 11) is 0. The average Bonchev–Trinajstić information content (AvgIpc) is 2.25. The third-order valence-corrected chi connectivity index (χ3v) is 2.13. The van der Waals surface area contributed by atoms with Crippen molar-refractivity contribution in [1.29, 1.82) is 0 Å².